The lowest BCUT2D eigenvalue weighted by Crippen LogP contribution is -2.02. The van der Waals surface area contributed by atoms with Gasteiger partial charge >= 0.3 is 0 Å². The average Bonchev–Trinajstić information content (AvgIpc) is 2.90. The van der Waals surface area contributed by atoms with Crippen molar-refractivity contribution < 1.29 is 0 Å². The van der Waals surface area contributed by atoms with Crippen LogP contribution in [0.4, 0.5) is 0 Å². The minimum absolute atomic E-state index is 0.411. The highest BCUT2D eigenvalue weighted by Crippen LogP contribution is 2.54. The smallest absolute Gasteiger partial charge is 0.180 e. The summed E-state index contributed by atoms with van der Waals surface area (Å²) in [6.07, 6.45) is 2.93. The van der Waals surface area contributed by atoms with Gasteiger partial charge in [0.1, 0.15) is 5.69 Å². The quantitative estimate of drug-likeness (QED) is 0.557. The number of hydrogen-bond donors (Lipinski definition) is 0. The molecular formula is C17H19N9. The van der Waals surface area contributed by atoms with E-state index in [0.29, 0.717) is 11.8 Å². The molecule has 0 saturated heterocycles. The molecule has 0 spiro atoms. The zero-order chi connectivity index (χ0) is 18.0. The number of aromatic nitrogens is 9. The Kier molecular flexibility index (Phi) is 3.03. The highest BCUT2D eigenvalue weighted by Gasteiger charge is 2.43. The summed E-state index contributed by atoms with van der Waals surface area (Å²) in [5, 5.41) is 25.8. The van der Waals surface area contributed by atoms with E-state index in [-0.39, 0.29) is 0 Å². The molecule has 4 heterocycles. The summed E-state index contributed by atoms with van der Waals surface area (Å²) in [5.41, 5.74) is 5.96. The summed E-state index contributed by atoms with van der Waals surface area (Å²) in [7, 11) is 3.90. The topological polar surface area (TPSA) is 91.6 Å². The van der Waals surface area contributed by atoms with Crippen LogP contribution in [-0.2, 0) is 14.1 Å². The van der Waals surface area contributed by atoms with Gasteiger partial charge < -0.3 is 0 Å². The monoisotopic (exact) mass is 349 g/mol. The molecule has 26 heavy (non-hydrogen) atoms. The van der Waals surface area contributed by atoms with Gasteiger partial charge in [-0.05, 0) is 38.0 Å². The van der Waals surface area contributed by atoms with E-state index in [1.54, 1.807) is 4.52 Å². The fraction of sp³-hybridized carbons (Fsp3) is 0.412. The van der Waals surface area contributed by atoms with Crippen molar-refractivity contribution in [3.63, 3.8) is 0 Å². The Balaban J connectivity index is 1.52. The molecule has 0 aliphatic heterocycles. The van der Waals surface area contributed by atoms with E-state index >= 15 is 0 Å². The first-order chi connectivity index (χ1) is 12.5. The van der Waals surface area contributed by atoms with Gasteiger partial charge in [0.05, 0.1) is 23.3 Å². The molecule has 0 bridgehead atoms. The number of hydrogen-bond acceptors (Lipinski definition) is 6. The first kappa shape index (κ1) is 15.2. The largest absolute Gasteiger partial charge is 0.266 e. The first-order valence-electron chi connectivity index (χ1n) is 8.61. The lowest BCUT2D eigenvalue weighted by molar-refractivity contribution is 0.672. The first-order valence-corrected chi connectivity index (χ1v) is 8.61. The van der Waals surface area contributed by atoms with Crippen LogP contribution >= 0.6 is 0 Å². The fourth-order valence-corrected chi connectivity index (χ4v) is 3.65. The van der Waals surface area contributed by atoms with Crippen LogP contribution in [-0.4, -0.2) is 44.6 Å². The summed E-state index contributed by atoms with van der Waals surface area (Å²) in [6, 6.07) is 4.18. The van der Waals surface area contributed by atoms with Crippen molar-refractivity contribution in [1.29, 1.82) is 0 Å². The van der Waals surface area contributed by atoms with Crippen molar-refractivity contribution >= 4 is 5.65 Å². The van der Waals surface area contributed by atoms with Crippen molar-refractivity contribution in [2.75, 3.05) is 0 Å². The van der Waals surface area contributed by atoms with E-state index in [2.05, 4.69) is 26.6 Å². The van der Waals surface area contributed by atoms with E-state index in [1.807, 2.05) is 49.6 Å². The van der Waals surface area contributed by atoms with E-state index < -0.39 is 0 Å². The minimum atomic E-state index is 0.411. The van der Waals surface area contributed by atoms with Gasteiger partial charge in [-0.3, -0.25) is 9.36 Å². The second-order valence-electron chi connectivity index (χ2n) is 7.00. The SMILES string of the molecule is Cc1cc(-c2cc(C3CC3c3cnnn3C)nn2C)nn2c(C)nnc12. The zero-order valence-corrected chi connectivity index (χ0v) is 15.1. The van der Waals surface area contributed by atoms with Crippen LogP contribution in [0, 0.1) is 13.8 Å². The maximum Gasteiger partial charge on any atom is 0.180 e. The Hall–Kier alpha value is -3.10. The summed E-state index contributed by atoms with van der Waals surface area (Å²) in [4.78, 5) is 0. The summed E-state index contributed by atoms with van der Waals surface area (Å²) < 4.78 is 5.54. The fourth-order valence-electron chi connectivity index (χ4n) is 3.65. The van der Waals surface area contributed by atoms with Gasteiger partial charge in [0, 0.05) is 25.9 Å². The highest BCUT2D eigenvalue weighted by atomic mass is 15.4. The third-order valence-electron chi connectivity index (χ3n) is 5.17. The number of nitrogens with zero attached hydrogens (tertiary/aromatic N) is 9. The van der Waals surface area contributed by atoms with E-state index in [9.17, 15) is 0 Å². The van der Waals surface area contributed by atoms with E-state index in [1.165, 1.54) is 0 Å². The number of aryl methyl sites for hydroxylation is 4. The molecule has 4 aromatic heterocycles. The van der Waals surface area contributed by atoms with Crippen LogP contribution in [0.3, 0.4) is 0 Å². The molecule has 1 aliphatic carbocycles. The highest BCUT2D eigenvalue weighted by molar-refractivity contribution is 5.60. The molecule has 4 aromatic rings. The molecule has 0 aromatic carbocycles. The molecular weight excluding hydrogens is 330 g/mol. The number of rotatable bonds is 3. The van der Waals surface area contributed by atoms with Gasteiger partial charge in [-0.15, -0.1) is 15.3 Å². The van der Waals surface area contributed by atoms with Gasteiger partial charge in [0.2, 0.25) is 0 Å². The van der Waals surface area contributed by atoms with Crippen molar-refractivity contribution in [2.24, 2.45) is 14.1 Å². The molecule has 0 N–H and O–H groups in total. The maximum absolute atomic E-state index is 4.74. The molecule has 0 amide bonds. The second kappa shape index (κ2) is 5.20. The second-order valence-corrected chi connectivity index (χ2v) is 7.00. The average molecular weight is 349 g/mol. The van der Waals surface area contributed by atoms with Crippen molar-refractivity contribution in [2.45, 2.75) is 32.1 Å². The predicted molar refractivity (Wildman–Crippen MR) is 93.6 cm³/mol. The Morgan fingerprint density at radius 2 is 1.85 bits per heavy atom. The zero-order valence-electron chi connectivity index (χ0n) is 15.1. The van der Waals surface area contributed by atoms with E-state index in [4.69, 9.17) is 10.2 Å². The molecule has 9 heteroatoms. The van der Waals surface area contributed by atoms with Gasteiger partial charge in [-0.25, -0.2) is 0 Å². The van der Waals surface area contributed by atoms with Crippen LogP contribution in [0.15, 0.2) is 18.3 Å². The normalized spacial score (nSPS) is 19.4. The molecule has 2 atom stereocenters. The van der Waals surface area contributed by atoms with Crippen LogP contribution < -0.4 is 0 Å². The van der Waals surface area contributed by atoms with Gasteiger partial charge in [0.25, 0.3) is 0 Å². The van der Waals surface area contributed by atoms with Crippen LogP contribution in [0.5, 0.6) is 0 Å². The molecule has 9 nitrogen and oxygen atoms in total. The Morgan fingerprint density at radius 3 is 2.62 bits per heavy atom. The molecule has 5 rings (SSSR count). The Morgan fingerprint density at radius 1 is 1.00 bits per heavy atom. The van der Waals surface area contributed by atoms with Gasteiger partial charge in [0.15, 0.2) is 11.5 Å². The molecule has 1 saturated carbocycles. The molecule has 2 unspecified atom stereocenters. The van der Waals surface area contributed by atoms with Crippen molar-refractivity contribution in [3.8, 4) is 11.4 Å². The number of fused-ring (bicyclic) bond motifs is 1. The Bertz CT molecular complexity index is 1130. The summed E-state index contributed by atoms with van der Waals surface area (Å²) in [6.45, 7) is 3.93. The lowest BCUT2D eigenvalue weighted by Gasteiger charge is -2.04. The van der Waals surface area contributed by atoms with Crippen LogP contribution in [0.25, 0.3) is 17.0 Å². The lowest BCUT2D eigenvalue weighted by atomic mass is 10.1. The molecule has 0 radical (unpaired) electrons. The Labute approximate surface area is 149 Å². The van der Waals surface area contributed by atoms with Crippen LogP contribution in [0.2, 0.25) is 0 Å². The van der Waals surface area contributed by atoms with Gasteiger partial charge in [-0.2, -0.15) is 14.7 Å². The predicted octanol–water partition coefficient (Wildman–Crippen LogP) is 1.54. The minimum Gasteiger partial charge on any atom is -0.266 e. The van der Waals surface area contributed by atoms with Crippen LogP contribution in [0.1, 0.15) is 41.0 Å². The molecule has 1 fully saturated rings. The third-order valence-corrected chi connectivity index (χ3v) is 5.17. The summed E-state index contributed by atoms with van der Waals surface area (Å²) in [5.74, 6) is 1.63. The van der Waals surface area contributed by atoms with Gasteiger partial charge in [-0.1, -0.05) is 5.21 Å². The summed E-state index contributed by atoms with van der Waals surface area (Å²) >= 11 is 0. The molecule has 1 aliphatic rings. The standard InChI is InChI=1S/C17H19N9/c1-9-5-14(22-26-10(2)19-20-17(9)26)15-7-13(21-24(15)3)11-6-12(11)16-8-18-23-25(16)4/h5,7-8,11-12H,6H2,1-4H3. The molecule has 132 valence electrons. The third kappa shape index (κ3) is 2.16. The van der Waals surface area contributed by atoms with Crippen molar-refractivity contribution in [1.82, 2.24) is 44.6 Å². The van der Waals surface area contributed by atoms with E-state index in [0.717, 1.165) is 46.2 Å². The van der Waals surface area contributed by atoms with Crippen molar-refractivity contribution in [3.05, 3.63) is 41.1 Å². The maximum atomic E-state index is 4.74.